The van der Waals surface area contributed by atoms with E-state index in [0.29, 0.717) is 5.82 Å². The Morgan fingerprint density at radius 3 is 2.64 bits per heavy atom. The predicted molar refractivity (Wildman–Crippen MR) is 48.1 cm³/mol. The Balaban J connectivity index is 2.50. The van der Waals surface area contributed by atoms with Crippen molar-refractivity contribution < 1.29 is 8.78 Å². The highest BCUT2D eigenvalue weighted by Crippen LogP contribution is 2.03. The summed E-state index contributed by atoms with van der Waals surface area (Å²) >= 11 is 0. The molecule has 0 bridgehead atoms. The standard InChI is InChI=1S/C7H11F2N5/c1-4-12-6(10)14-7(13-4)11-3-2-5(8)9/h5H,2-3H2,1H3,(H3,10,11,12,13,14). The van der Waals surface area contributed by atoms with Crippen molar-refractivity contribution in [3.05, 3.63) is 5.82 Å². The van der Waals surface area contributed by atoms with E-state index in [4.69, 9.17) is 5.73 Å². The van der Waals surface area contributed by atoms with Crippen LogP contribution in [0.3, 0.4) is 0 Å². The van der Waals surface area contributed by atoms with Gasteiger partial charge in [-0.1, -0.05) is 0 Å². The SMILES string of the molecule is Cc1nc(N)nc(NCCC(F)F)n1. The molecule has 0 spiro atoms. The molecule has 78 valence electrons. The maximum Gasteiger partial charge on any atom is 0.240 e. The fraction of sp³-hybridized carbons (Fsp3) is 0.571. The van der Waals surface area contributed by atoms with Crippen LogP contribution in [0.4, 0.5) is 20.7 Å². The maximum atomic E-state index is 11.8. The van der Waals surface area contributed by atoms with Gasteiger partial charge in [0.25, 0.3) is 0 Å². The first kappa shape index (κ1) is 10.6. The van der Waals surface area contributed by atoms with Gasteiger partial charge in [0.1, 0.15) is 5.82 Å². The van der Waals surface area contributed by atoms with E-state index in [2.05, 4.69) is 20.3 Å². The summed E-state index contributed by atoms with van der Waals surface area (Å²) in [6.45, 7) is 1.76. The van der Waals surface area contributed by atoms with E-state index in [-0.39, 0.29) is 24.9 Å². The number of alkyl halides is 2. The Morgan fingerprint density at radius 2 is 2.07 bits per heavy atom. The second-order valence-electron chi connectivity index (χ2n) is 2.67. The molecule has 0 saturated heterocycles. The molecule has 1 heterocycles. The average Bonchev–Trinajstić information content (AvgIpc) is 2.01. The molecule has 1 aromatic heterocycles. The molecule has 1 aromatic rings. The van der Waals surface area contributed by atoms with Crippen molar-refractivity contribution in [2.45, 2.75) is 19.8 Å². The van der Waals surface area contributed by atoms with Gasteiger partial charge in [0.2, 0.25) is 18.3 Å². The molecule has 0 aliphatic rings. The number of nitrogens with zero attached hydrogens (tertiary/aromatic N) is 3. The third-order valence-corrected chi connectivity index (χ3v) is 1.41. The Morgan fingerprint density at radius 1 is 1.36 bits per heavy atom. The largest absolute Gasteiger partial charge is 0.368 e. The molecule has 0 amide bonds. The summed E-state index contributed by atoms with van der Waals surface area (Å²) < 4.78 is 23.6. The minimum atomic E-state index is -2.33. The van der Waals surface area contributed by atoms with Crippen LogP contribution in [0.15, 0.2) is 0 Å². The molecule has 0 aromatic carbocycles. The number of halogens is 2. The van der Waals surface area contributed by atoms with Gasteiger partial charge in [0, 0.05) is 13.0 Å². The van der Waals surface area contributed by atoms with E-state index in [1.165, 1.54) is 0 Å². The van der Waals surface area contributed by atoms with Crippen LogP contribution in [0, 0.1) is 6.92 Å². The van der Waals surface area contributed by atoms with Gasteiger partial charge in [-0.05, 0) is 6.92 Å². The van der Waals surface area contributed by atoms with E-state index < -0.39 is 6.43 Å². The number of nitrogens with two attached hydrogens (primary N) is 1. The van der Waals surface area contributed by atoms with Crippen molar-refractivity contribution in [1.29, 1.82) is 0 Å². The highest BCUT2D eigenvalue weighted by molar-refractivity contribution is 5.30. The Bertz CT molecular complexity index is 284. The molecule has 3 N–H and O–H groups in total. The number of anilines is 2. The topological polar surface area (TPSA) is 76.7 Å². The smallest absolute Gasteiger partial charge is 0.240 e. The summed E-state index contributed by atoms with van der Waals surface area (Å²) in [5.41, 5.74) is 5.34. The zero-order valence-electron chi connectivity index (χ0n) is 7.67. The molecule has 0 radical (unpaired) electrons. The third-order valence-electron chi connectivity index (χ3n) is 1.41. The summed E-state index contributed by atoms with van der Waals surface area (Å²) in [6, 6.07) is 0. The number of hydrogen-bond donors (Lipinski definition) is 2. The zero-order valence-corrected chi connectivity index (χ0v) is 7.67. The van der Waals surface area contributed by atoms with Gasteiger partial charge < -0.3 is 11.1 Å². The number of nitrogen functional groups attached to an aromatic ring is 1. The predicted octanol–water partition coefficient (Wildman–Crippen LogP) is 0.829. The summed E-state index contributed by atoms with van der Waals surface area (Å²) in [4.78, 5) is 11.3. The lowest BCUT2D eigenvalue weighted by Gasteiger charge is -2.04. The summed E-state index contributed by atoms with van der Waals surface area (Å²) in [5, 5.41) is 2.64. The van der Waals surface area contributed by atoms with Crippen LogP contribution in [0.2, 0.25) is 0 Å². The highest BCUT2D eigenvalue weighted by atomic mass is 19.3. The van der Waals surface area contributed by atoms with Gasteiger partial charge in [-0.2, -0.15) is 15.0 Å². The molecule has 0 saturated carbocycles. The van der Waals surface area contributed by atoms with Crippen LogP contribution in [0.5, 0.6) is 0 Å². The molecule has 0 atom stereocenters. The average molecular weight is 203 g/mol. The fourth-order valence-corrected chi connectivity index (χ4v) is 0.875. The fourth-order valence-electron chi connectivity index (χ4n) is 0.875. The molecule has 5 nitrogen and oxygen atoms in total. The van der Waals surface area contributed by atoms with Crippen molar-refractivity contribution in [1.82, 2.24) is 15.0 Å². The first-order valence-electron chi connectivity index (χ1n) is 4.08. The number of aryl methyl sites for hydroxylation is 1. The quantitative estimate of drug-likeness (QED) is 0.757. The minimum absolute atomic E-state index is 0.0806. The van der Waals surface area contributed by atoms with E-state index >= 15 is 0 Å². The van der Waals surface area contributed by atoms with E-state index in [1.54, 1.807) is 6.92 Å². The molecule has 0 aliphatic heterocycles. The van der Waals surface area contributed by atoms with Gasteiger partial charge in [-0.15, -0.1) is 0 Å². The third kappa shape index (κ3) is 3.46. The number of hydrogen-bond acceptors (Lipinski definition) is 5. The Kier molecular flexibility index (Phi) is 3.49. The summed E-state index contributed by atoms with van der Waals surface area (Å²) in [7, 11) is 0. The van der Waals surface area contributed by atoms with Gasteiger partial charge in [-0.25, -0.2) is 8.78 Å². The van der Waals surface area contributed by atoms with Gasteiger partial charge in [-0.3, -0.25) is 0 Å². The molecule has 0 fully saturated rings. The van der Waals surface area contributed by atoms with Crippen molar-refractivity contribution in [2.24, 2.45) is 0 Å². The monoisotopic (exact) mass is 203 g/mol. The summed E-state index contributed by atoms with van der Waals surface area (Å²) in [6.07, 6.45) is -2.58. The molecule has 0 aliphatic carbocycles. The minimum Gasteiger partial charge on any atom is -0.368 e. The second kappa shape index (κ2) is 4.64. The van der Waals surface area contributed by atoms with Crippen molar-refractivity contribution in [3.63, 3.8) is 0 Å². The van der Waals surface area contributed by atoms with Crippen LogP contribution in [-0.2, 0) is 0 Å². The van der Waals surface area contributed by atoms with Crippen molar-refractivity contribution in [2.75, 3.05) is 17.6 Å². The first-order chi connectivity index (χ1) is 6.58. The lowest BCUT2D eigenvalue weighted by Crippen LogP contribution is -2.11. The van der Waals surface area contributed by atoms with Crippen LogP contribution in [-0.4, -0.2) is 27.9 Å². The second-order valence-corrected chi connectivity index (χ2v) is 2.67. The van der Waals surface area contributed by atoms with Crippen molar-refractivity contribution in [3.8, 4) is 0 Å². The maximum absolute atomic E-state index is 11.8. The number of rotatable bonds is 4. The molecule has 14 heavy (non-hydrogen) atoms. The lowest BCUT2D eigenvalue weighted by molar-refractivity contribution is 0.142. The summed E-state index contributed by atoms with van der Waals surface area (Å²) in [5.74, 6) is 0.768. The normalized spacial score (nSPS) is 10.6. The van der Waals surface area contributed by atoms with E-state index in [9.17, 15) is 8.78 Å². The molecule has 0 unspecified atom stereocenters. The van der Waals surface area contributed by atoms with E-state index in [0.717, 1.165) is 0 Å². The van der Waals surface area contributed by atoms with Crippen LogP contribution < -0.4 is 11.1 Å². The lowest BCUT2D eigenvalue weighted by atomic mass is 10.4. The Labute approximate surface area is 79.8 Å². The zero-order chi connectivity index (χ0) is 10.6. The van der Waals surface area contributed by atoms with Gasteiger partial charge >= 0.3 is 0 Å². The van der Waals surface area contributed by atoms with Crippen molar-refractivity contribution >= 4 is 11.9 Å². The highest BCUT2D eigenvalue weighted by Gasteiger charge is 2.03. The van der Waals surface area contributed by atoms with Crippen LogP contribution in [0.1, 0.15) is 12.2 Å². The van der Waals surface area contributed by atoms with E-state index in [1.807, 2.05) is 0 Å². The molecular formula is C7H11F2N5. The molecule has 1 rings (SSSR count). The number of aromatic nitrogens is 3. The molecular weight excluding hydrogens is 192 g/mol. The van der Waals surface area contributed by atoms with Crippen LogP contribution >= 0.6 is 0 Å². The Hall–Kier alpha value is -1.53. The number of nitrogens with one attached hydrogen (secondary N) is 1. The van der Waals surface area contributed by atoms with Crippen LogP contribution in [0.25, 0.3) is 0 Å². The van der Waals surface area contributed by atoms with Gasteiger partial charge in [0.15, 0.2) is 0 Å². The molecule has 7 heteroatoms. The van der Waals surface area contributed by atoms with Gasteiger partial charge in [0.05, 0.1) is 0 Å². The first-order valence-corrected chi connectivity index (χ1v) is 4.08.